The first-order chi connectivity index (χ1) is 13.7. The van der Waals surface area contributed by atoms with Crippen LogP contribution in [0.2, 0.25) is 0 Å². The quantitative estimate of drug-likeness (QED) is 0.579. The number of fused-ring (bicyclic) bond motifs is 3. The molecule has 0 unspecified atom stereocenters. The molecule has 0 fully saturated rings. The average molecular weight is 370 g/mol. The fourth-order valence-electron chi connectivity index (χ4n) is 3.22. The number of carbonyl (C=O) groups is 2. The highest BCUT2D eigenvalue weighted by molar-refractivity contribution is 6.03. The molecule has 0 N–H and O–H groups in total. The van der Waals surface area contributed by atoms with E-state index in [-0.39, 0.29) is 13.2 Å². The summed E-state index contributed by atoms with van der Waals surface area (Å²) in [4.78, 5) is 25.5. The molecule has 0 radical (unpaired) electrons. The summed E-state index contributed by atoms with van der Waals surface area (Å²) >= 11 is 0. The molecular formula is C24H18O4. The van der Waals surface area contributed by atoms with Crippen molar-refractivity contribution in [1.82, 2.24) is 0 Å². The molecule has 138 valence electrons. The van der Waals surface area contributed by atoms with E-state index in [1.54, 1.807) is 36.4 Å². The van der Waals surface area contributed by atoms with Crippen molar-refractivity contribution in [3.05, 3.63) is 102 Å². The maximum atomic E-state index is 12.8. The van der Waals surface area contributed by atoms with Crippen LogP contribution in [-0.2, 0) is 9.47 Å². The molecule has 4 rings (SSSR count). The Kier molecular flexibility index (Phi) is 5.02. The van der Waals surface area contributed by atoms with E-state index in [0.717, 1.165) is 11.1 Å². The van der Waals surface area contributed by atoms with Gasteiger partial charge in [0.25, 0.3) is 0 Å². The highest BCUT2D eigenvalue weighted by Crippen LogP contribution is 2.29. The van der Waals surface area contributed by atoms with Crippen LogP contribution in [0.15, 0.2) is 84.9 Å². The lowest BCUT2D eigenvalue weighted by molar-refractivity contribution is 0.0531. The van der Waals surface area contributed by atoms with Crippen LogP contribution in [0.3, 0.4) is 0 Å². The Morgan fingerprint density at radius 1 is 0.571 bits per heavy atom. The van der Waals surface area contributed by atoms with Crippen molar-refractivity contribution in [1.29, 1.82) is 0 Å². The third-order valence-electron chi connectivity index (χ3n) is 4.63. The second kappa shape index (κ2) is 7.92. The van der Waals surface area contributed by atoms with Gasteiger partial charge in [-0.25, -0.2) is 9.59 Å². The van der Waals surface area contributed by atoms with Crippen molar-refractivity contribution < 1.29 is 19.1 Å². The third-order valence-corrected chi connectivity index (χ3v) is 4.63. The van der Waals surface area contributed by atoms with Crippen LogP contribution in [0.4, 0.5) is 0 Å². The lowest BCUT2D eigenvalue weighted by Crippen LogP contribution is -2.13. The van der Waals surface area contributed by atoms with Gasteiger partial charge in [0, 0.05) is 0 Å². The van der Waals surface area contributed by atoms with Gasteiger partial charge in [0.1, 0.15) is 13.2 Å². The molecule has 0 bridgehead atoms. The van der Waals surface area contributed by atoms with Crippen LogP contribution in [0.5, 0.6) is 0 Å². The molecule has 4 nitrogen and oxygen atoms in total. The second-order valence-electron chi connectivity index (χ2n) is 6.36. The molecule has 0 atom stereocenters. The topological polar surface area (TPSA) is 52.6 Å². The summed E-state index contributed by atoms with van der Waals surface area (Å²) in [5, 5.41) is 0. The number of esters is 2. The predicted octanol–water partition coefficient (Wildman–Crippen LogP) is 4.76. The summed E-state index contributed by atoms with van der Waals surface area (Å²) in [6, 6.07) is 23.8. The Morgan fingerprint density at radius 2 is 1.07 bits per heavy atom. The molecular weight excluding hydrogens is 352 g/mol. The Labute approximate surface area is 163 Å². The smallest absolute Gasteiger partial charge is 0.339 e. The van der Waals surface area contributed by atoms with Gasteiger partial charge in [0.2, 0.25) is 0 Å². The average Bonchev–Trinajstić information content (AvgIpc) is 2.75. The van der Waals surface area contributed by atoms with E-state index >= 15 is 0 Å². The monoisotopic (exact) mass is 370 g/mol. The summed E-state index contributed by atoms with van der Waals surface area (Å²) in [5.41, 5.74) is 3.82. The molecule has 0 amide bonds. The Morgan fingerprint density at radius 3 is 1.68 bits per heavy atom. The number of ether oxygens (including phenoxy) is 2. The van der Waals surface area contributed by atoms with Crippen LogP contribution in [0.1, 0.15) is 26.3 Å². The van der Waals surface area contributed by atoms with E-state index in [9.17, 15) is 9.59 Å². The zero-order valence-electron chi connectivity index (χ0n) is 15.1. The van der Waals surface area contributed by atoms with Crippen molar-refractivity contribution in [3.63, 3.8) is 0 Å². The molecule has 0 saturated heterocycles. The summed E-state index contributed by atoms with van der Waals surface area (Å²) < 4.78 is 11.1. The number of rotatable bonds is 1. The summed E-state index contributed by atoms with van der Waals surface area (Å²) in [6.45, 7) is 0.187. The SMILES string of the molecule is O=C1OC/C=C(/c2ccccc2)COC(=O)c2ccccc2-c2ccccc21. The van der Waals surface area contributed by atoms with Gasteiger partial charge in [0.05, 0.1) is 11.1 Å². The second-order valence-corrected chi connectivity index (χ2v) is 6.36. The van der Waals surface area contributed by atoms with Gasteiger partial charge in [-0.1, -0.05) is 66.7 Å². The molecule has 4 heteroatoms. The van der Waals surface area contributed by atoms with Crippen LogP contribution in [-0.4, -0.2) is 25.2 Å². The zero-order valence-corrected chi connectivity index (χ0v) is 15.1. The molecule has 3 aromatic rings. The molecule has 1 heterocycles. The molecule has 28 heavy (non-hydrogen) atoms. The maximum Gasteiger partial charge on any atom is 0.339 e. The van der Waals surface area contributed by atoms with Crippen LogP contribution in [0, 0.1) is 0 Å². The standard InChI is InChI=1S/C24H18O4/c25-23-21-12-6-4-10-19(21)20-11-5-7-13-22(20)24(26)28-16-18(14-15-27-23)17-8-2-1-3-9-17/h1-14H,15-16H2/b18-14+. The summed E-state index contributed by atoms with van der Waals surface area (Å²) in [5.74, 6) is -0.857. The number of hydrogen-bond acceptors (Lipinski definition) is 4. The van der Waals surface area contributed by atoms with E-state index in [1.165, 1.54) is 0 Å². The lowest BCUT2D eigenvalue weighted by atomic mass is 9.95. The molecule has 1 aliphatic heterocycles. The van der Waals surface area contributed by atoms with Gasteiger partial charge < -0.3 is 9.47 Å². The first-order valence-electron chi connectivity index (χ1n) is 9.01. The Bertz CT molecular complexity index is 1050. The first kappa shape index (κ1) is 17.7. The van der Waals surface area contributed by atoms with Gasteiger partial charge in [-0.15, -0.1) is 0 Å². The van der Waals surface area contributed by atoms with Crippen molar-refractivity contribution in [2.45, 2.75) is 0 Å². The van der Waals surface area contributed by atoms with Gasteiger partial charge in [-0.05, 0) is 40.5 Å². The van der Waals surface area contributed by atoms with E-state index in [4.69, 9.17) is 9.47 Å². The third kappa shape index (κ3) is 3.58. The maximum absolute atomic E-state index is 12.8. The molecule has 0 saturated carbocycles. The molecule has 0 aliphatic carbocycles. The number of benzene rings is 3. The van der Waals surface area contributed by atoms with E-state index < -0.39 is 11.9 Å². The van der Waals surface area contributed by atoms with Gasteiger partial charge in [-0.3, -0.25) is 0 Å². The largest absolute Gasteiger partial charge is 0.458 e. The lowest BCUT2D eigenvalue weighted by Gasteiger charge is -2.16. The zero-order chi connectivity index (χ0) is 19.3. The van der Waals surface area contributed by atoms with Crippen molar-refractivity contribution in [2.75, 3.05) is 13.2 Å². The molecule has 1 aliphatic rings. The van der Waals surface area contributed by atoms with Gasteiger partial charge in [0.15, 0.2) is 0 Å². The summed E-state index contributed by atoms with van der Waals surface area (Å²) in [7, 11) is 0. The van der Waals surface area contributed by atoms with Crippen molar-refractivity contribution >= 4 is 17.5 Å². The Balaban J connectivity index is 1.80. The fraction of sp³-hybridized carbons (Fsp3) is 0.0833. The normalized spacial score (nSPS) is 16.2. The number of hydrogen-bond donors (Lipinski definition) is 0. The van der Waals surface area contributed by atoms with Crippen LogP contribution in [0.25, 0.3) is 16.7 Å². The van der Waals surface area contributed by atoms with E-state index in [1.807, 2.05) is 48.5 Å². The minimum Gasteiger partial charge on any atom is -0.458 e. The van der Waals surface area contributed by atoms with E-state index in [0.29, 0.717) is 22.3 Å². The highest BCUT2D eigenvalue weighted by Gasteiger charge is 2.20. The Hall–Kier alpha value is -3.66. The first-order valence-corrected chi connectivity index (χ1v) is 9.01. The van der Waals surface area contributed by atoms with Crippen LogP contribution < -0.4 is 0 Å². The highest BCUT2D eigenvalue weighted by atomic mass is 16.5. The fourth-order valence-corrected chi connectivity index (χ4v) is 3.22. The molecule has 0 aromatic heterocycles. The van der Waals surface area contributed by atoms with Gasteiger partial charge >= 0.3 is 11.9 Å². The predicted molar refractivity (Wildman–Crippen MR) is 107 cm³/mol. The van der Waals surface area contributed by atoms with Crippen molar-refractivity contribution in [2.24, 2.45) is 0 Å². The van der Waals surface area contributed by atoms with E-state index in [2.05, 4.69) is 0 Å². The van der Waals surface area contributed by atoms with Gasteiger partial charge in [-0.2, -0.15) is 0 Å². The molecule has 3 aromatic carbocycles. The van der Waals surface area contributed by atoms with Crippen molar-refractivity contribution in [3.8, 4) is 11.1 Å². The number of carbonyl (C=O) groups excluding carboxylic acids is 2. The minimum atomic E-state index is -0.429. The van der Waals surface area contributed by atoms with Crippen LogP contribution >= 0.6 is 0 Å². The minimum absolute atomic E-state index is 0.0936. The summed E-state index contributed by atoms with van der Waals surface area (Å²) in [6.07, 6.45) is 1.77. The number of cyclic esters (lactones) is 2. The molecule has 0 spiro atoms.